The highest BCUT2D eigenvalue weighted by atomic mass is 16.5. The van der Waals surface area contributed by atoms with Gasteiger partial charge in [0.2, 0.25) is 0 Å². The Morgan fingerprint density at radius 2 is 1.92 bits per heavy atom. The molecule has 1 heterocycles. The summed E-state index contributed by atoms with van der Waals surface area (Å²) in [4.78, 5) is 15.0. The van der Waals surface area contributed by atoms with Crippen LogP contribution in [0.2, 0.25) is 0 Å². The number of anilines is 1. The Morgan fingerprint density at radius 3 is 2.62 bits per heavy atom. The van der Waals surface area contributed by atoms with E-state index in [-0.39, 0.29) is 12.1 Å². The van der Waals surface area contributed by atoms with E-state index in [0.717, 1.165) is 11.3 Å². The highest BCUT2D eigenvalue weighted by molar-refractivity contribution is 6.01. The summed E-state index contributed by atoms with van der Waals surface area (Å²) in [5, 5.41) is 3.51. The minimum atomic E-state index is -0.245. The quantitative estimate of drug-likeness (QED) is 0.839. The van der Waals surface area contributed by atoms with Crippen molar-refractivity contribution in [2.75, 3.05) is 25.6 Å². The second-order valence-corrected chi connectivity index (χ2v) is 6.79. The maximum atomic E-state index is 13.1. The van der Waals surface area contributed by atoms with Crippen LogP contribution in [0.1, 0.15) is 42.9 Å². The van der Waals surface area contributed by atoms with E-state index in [1.807, 2.05) is 54.3 Å². The maximum absolute atomic E-state index is 13.1. The molecule has 1 aliphatic heterocycles. The zero-order chi connectivity index (χ0) is 18.7. The van der Waals surface area contributed by atoms with Crippen LogP contribution >= 0.6 is 0 Å². The first-order valence-corrected chi connectivity index (χ1v) is 9.02. The number of hydrogen-bond donors (Lipinski definition) is 1. The summed E-state index contributed by atoms with van der Waals surface area (Å²) in [5.41, 5.74) is 2.54. The fourth-order valence-corrected chi connectivity index (χ4v) is 3.27. The van der Waals surface area contributed by atoms with Gasteiger partial charge in [-0.2, -0.15) is 0 Å². The van der Waals surface area contributed by atoms with Crippen molar-refractivity contribution in [2.45, 2.75) is 26.9 Å². The van der Waals surface area contributed by atoms with Crippen LogP contribution in [-0.2, 0) is 0 Å². The second kappa shape index (κ2) is 7.68. The third-order valence-corrected chi connectivity index (χ3v) is 4.39. The Bertz CT molecular complexity index is 789. The number of benzene rings is 2. The van der Waals surface area contributed by atoms with Crippen LogP contribution < -0.4 is 14.8 Å². The molecule has 3 rings (SSSR count). The summed E-state index contributed by atoms with van der Waals surface area (Å²) in [6.45, 7) is 7.39. The predicted molar refractivity (Wildman–Crippen MR) is 103 cm³/mol. The lowest BCUT2D eigenvalue weighted by atomic mass is 10.0. The molecule has 0 radical (unpaired) electrons. The minimum absolute atomic E-state index is 0.0480. The smallest absolute Gasteiger partial charge is 0.257 e. The monoisotopic (exact) mass is 354 g/mol. The second-order valence-electron chi connectivity index (χ2n) is 6.79. The van der Waals surface area contributed by atoms with Crippen molar-refractivity contribution in [3.05, 3.63) is 53.6 Å². The first-order chi connectivity index (χ1) is 12.5. The van der Waals surface area contributed by atoms with Crippen LogP contribution in [0, 0.1) is 5.92 Å². The highest BCUT2D eigenvalue weighted by Crippen LogP contribution is 2.37. The third-order valence-electron chi connectivity index (χ3n) is 4.39. The van der Waals surface area contributed by atoms with E-state index in [4.69, 9.17) is 9.47 Å². The largest absolute Gasteiger partial charge is 0.493 e. The number of hydrogen-bond acceptors (Lipinski definition) is 4. The van der Waals surface area contributed by atoms with E-state index in [2.05, 4.69) is 19.2 Å². The lowest BCUT2D eigenvalue weighted by Crippen LogP contribution is -2.44. The zero-order valence-corrected chi connectivity index (χ0v) is 15.8. The third kappa shape index (κ3) is 3.47. The fraction of sp³-hybridized carbons (Fsp3) is 0.381. The molecule has 138 valence electrons. The van der Waals surface area contributed by atoms with Gasteiger partial charge in [-0.05, 0) is 42.7 Å². The number of para-hydroxylation sites is 1. The number of amides is 1. The van der Waals surface area contributed by atoms with Gasteiger partial charge in [0.05, 0.1) is 19.3 Å². The first-order valence-electron chi connectivity index (χ1n) is 9.02. The van der Waals surface area contributed by atoms with Gasteiger partial charge in [-0.25, -0.2) is 0 Å². The van der Waals surface area contributed by atoms with Crippen LogP contribution in [0.5, 0.6) is 11.5 Å². The molecule has 1 amide bonds. The van der Waals surface area contributed by atoms with Gasteiger partial charge in [0.15, 0.2) is 11.5 Å². The van der Waals surface area contributed by atoms with Crippen molar-refractivity contribution in [3.8, 4) is 11.5 Å². The predicted octanol–water partition coefficient (Wildman–Crippen LogP) is 4.32. The van der Waals surface area contributed by atoms with Gasteiger partial charge in [0.25, 0.3) is 5.91 Å². The molecule has 2 aromatic carbocycles. The van der Waals surface area contributed by atoms with Crippen LogP contribution in [0.4, 0.5) is 5.69 Å². The number of fused-ring (bicyclic) bond motifs is 1. The standard InChI is InChI=1S/C21H26N2O3/c1-5-26-19-12-15(10-11-18(19)25-4)20-22-17-9-7-6-8-16(17)21(24)23(20)13-14(2)3/h6-12,14,20,22H,5,13H2,1-4H3. The number of carbonyl (C=O) groups is 1. The van der Waals surface area contributed by atoms with Gasteiger partial charge in [-0.1, -0.05) is 32.0 Å². The van der Waals surface area contributed by atoms with Crippen LogP contribution in [0.15, 0.2) is 42.5 Å². The van der Waals surface area contributed by atoms with Crippen molar-refractivity contribution in [1.82, 2.24) is 4.90 Å². The molecule has 2 aromatic rings. The molecule has 26 heavy (non-hydrogen) atoms. The Balaban J connectivity index is 2.03. The molecular weight excluding hydrogens is 328 g/mol. The Morgan fingerprint density at radius 1 is 1.15 bits per heavy atom. The van der Waals surface area contributed by atoms with Crippen molar-refractivity contribution in [3.63, 3.8) is 0 Å². The molecule has 1 unspecified atom stereocenters. The Kier molecular flexibility index (Phi) is 5.35. The summed E-state index contributed by atoms with van der Waals surface area (Å²) >= 11 is 0. The molecule has 1 aliphatic rings. The zero-order valence-electron chi connectivity index (χ0n) is 15.8. The molecular formula is C21H26N2O3. The molecule has 0 saturated carbocycles. The average Bonchev–Trinajstić information content (AvgIpc) is 2.64. The van der Waals surface area contributed by atoms with E-state index < -0.39 is 0 Å². The van der Waals surface area contributed by atoms with Crippen LogP contribution in [-0.4, -0.2) is 31.1 Å². The molecule has 5 heteroatoms. The van der Waals surface area contributed by atoms with Crippen molar-refractivity contribution >= 4 is 11.6 Å². The van der Waals surface area contributed by atoms with Crippen LogP contribution in [0.3, 0.4) is 0 Å². The van der Waals surface area contributed by atoms with E-state index in [1.165, 1.54) is 0 Å². The van der Waals surface area contributed by atoms with Crippen molar-refractivity contribution < 1.29 is 14.3 Å². The lowest BCUT2D eigenvalue weighted by Gasteiger charge is -2.39. The number of carbonyl (C=O) groups excluding carboxylic acids is 1. The number of nitrogens with zero attached hydrogens (tertiary/aromatic N) is 1. The summed E-state index contributed by atoms with van der Waals surface area (Å²) in [6.07, 6.45) is -0.245. The van der Waals surface area contributed by atoms with Gasteiger partial charge in [0.1, 0.15) is 6.17 Å². The number of nitrogens with one attached hydrogen (secondary N) is 1. The van der Waals surface area contributed by atoms with Gasteiger partial charge < -0.3 is 19.7 Å². The molecule has 1 atom stereocenters. The molecule has 0 aliphatic carbocycles. The average molecular weight is 354 g/mol. The minimum Gasteiger partial charge on any atom is -0.493 e. The van der Waals surface area contributed by atoms with Gasteiger partial charge in [0, 0.05) is 12.2 Å². The van der Waals surface area contributed by atoms with E-state index in [1.54, 1.807) is 7.11 Å². The molecule has 5 nitrogen and oxygen atoms in total. The number of rotatable bonds is 6. The molecule has 0 bridgehead atoms. The Labute approximate surface area is 154 Å². The first kappa shape index (κ1) is 18.1. The van der Waals surface area contributed by atoms with Crippen molar-refractivity contribution in [2.24, 2.45) is 5.92 Å². The van der Waals surface area contributed by atoms with Gasteiger partial charge in [-0.3, -0.25) is 4.79 Å². The Hall–Kier alpha value is -2.69. The lowest BCUT2D eigenvalue weighted by molar-refractivity contribution is 0.0657. The molecule has 0 spiro atoms. The highest BCUT2D eigenvalue weighted by Gasteiger charge is 2.33. The fourth-order valence-electron chi connectivity index (χ4n) is 3.27. The van der Waals surface area contributed by atoms with Crippen molar-refractivity contribution in [1.29, 1.82) is 0 Å². The van der Waals surface area contributed by atoms with Crippen LogP contribution in [0.25, 0.3) is 0 Å². The van der Waals surface area contributed by atoms with Gasteiger partial charge >= 0.3 is 0 Å². The SMILES string of the molecule is CCOc1cc(C2Nc3ccccc3C(=O)N2CC(C)C)ccc1OC. The summed E-state index contributed by atoms with van der Waals surface area (Å²) in [5.74, 6) is 1.78. The maximum Gasteiger partial charge on any atom is 0.257 e. The van der Waals surface area contributed by atoms with E-state index >= 15 is 0 Å². The number of methoxy groups -OCH3 is 1. The molecule has 0 fully saturated rings. The molecule has 0 saturated heterocycles. The molecule has 1 N–H and O–H groups in total. The normalized spacial score (nSPS) is 16.3. The topological polar surface area (TPSA) is 50.8 Å². The summed E-state index contributed by atoms with van der Waals surface area (Å²) in [7, 11) is 1.63. The summed E-state index contributed by atoms with van der Waals surface area (Å²) < 4.78 is 11.1. The molecule has 0 aromatic heterocycles. The van der Waals surface area contributed by atoms with E-state index in [9.17, 15) is 4.79 Å². The summed E-state index contributed by atoms with van der Waals surface area (Å²) in [6, 6.07) is 13.5. The van der Waals surface area contributed by atoms with Gasteiger partial charge in [-0.15, -0.1) is 0 Å². The number of ether oxygens (including phenoxy) is 2. The van der Waals surface area contributed by atoms with E-state index in [0.29, 0.717) is 36.1 Å².